The molecule has 0 fully saturated rings. The van der Waals surface area contributed by atoms with Gasteiger partial charge in [-0.1, -0.05) is 18.2 Å². The highest BCUT2D eigenvalue weighted by Gasteiger charge is 1.90. The number of hydrogen-bond acceptors (Lipinski definition) is 3. The maximum atomic E-state index is 10.7. The number of carbonyl (C=O) groups excluding carboxylic acids is 1. The molecule has 2 rings (SSSR count). The Morgan fingerprint density at radius 2 is 2.00 bits per heavy atom. The molecule has 4 nitrogen and oxygen atoms in total. The standard InChI is InChI=1S/C8H6N2O.C2H2O/c11-8-9-5-6-3-1-2-4-7(6)10-8;1-2-3/h1-5H,(H,9,10,11);1H2. The molecule has 0 atom stereocenters. The van der Waals surface area contributed by atoms with Crippen molar-refractivity contribution in [3.05, 3.63) is 47.5 Å². The molecule has 0 amide bonds. The molecule has 0 aliphatic rings. The summed E-state index contributed by atoms with van der Waals surface area (Å²) in [6.07, 6.45) is 1.56. The fourth-order valence-corrected chi connectivity index (χ4v) is 0.999. The first-order chi connectivity index (χ1) is 6.77. The van der Waals surface area contributed by atoms with Crippen LogP contribution in [0.5, 0.6) is 0 Å². The summed E-state index contributed by atoms with van der Waals surface area (Å²) < 4.78 is 0. The van der Waals surface area contributed by atoms with E-state index in [9.17, 15) is 4.79 Å². The molecule has 0 spiro atoms. The summed E-state index contributed by atoms with van der Waals surface area (Å²) in [4.78, 5) is 25.5. The smallest absolute Gasteiger partial charge is 0.305 e. The lowest BCUT2D eigenvalue weighted by Gasteiger charge is -1.92. The van der Waals surface area contributed by atoms with Gasteiger partial charge in [-0.25, -0.2) is 14.6 Å². The first kappa shape index (κ1) is 9.89. The number of benzene rings is 1. The first-order valence-corrected chi connectivity index (χ1v) is 3.86. The van der Waals surface area contributed by atoms with Crippen LogP contribution in [0, 0.1) is 0 Å². The van der Waals surface area contributed by atoms with Gasteiger partial charge in [-0.05, 0) is 12.6 Å². The van der Waals surface area contributed by atoms with Crippen molar-refractivity contribution in [2.24, 2.45) is 0 Å². The topological polar surface area (TPSA) is 62.8 Å². The molecule has 14 heavy (non-hydrogen) atoms. The van der Waals surface area contributed by atoms with Crippen molar-refractivity contribution >= 4 is 16.8 Å². The van der Waals surface area contributed by atoms with Gasteiger partial charge in [-0.15, -0.1) is 0 Å². The Bertz CT molecular complexity index is 511. The van der Waals surface area contributed by atoms with E-state index in [1.807, 2.05) is 24.3 Å². The van der Waals surface area contributed by atoms with Crippen LogP contribution in [0.25, 0.3) is 10.9 Å². The zero-order valence-electron chi connectivity index (χ0n) is 7.36. The molecule has 0 saturated carbocycles. The predicted molar refractivity (Wildman–Crippen MR) is 53.7 cm³/mol. The molecule has 0 unspecified atom stereocenters. The Kier molecular flexibility index (Phi) is 3.35. The molecule has 0 bridgehead atoms. The van der Waals surface area contributed by atoms with E-state index in [2.05, 4.69) is 16.5 Å². The molecule has 70 valence electrons. The SMILES string of the molecule is C=C=O.O=c1ncc2ccccc2[nH]1. The van der Waals surface area contributed by atoms with Crippen LogP contribution in [-0.4, -0.2) is 15.9 Å². The third kappa shape index (κ3) is 2.40. The Morgan fingerprint density at radius 1 is 1.36 bits per heavy atom. The average molecular weight is 188 g/mol. The van der Waals surface area contributed by atoms with Gasteiger partial charge in [0.25, 0.3) is 0 Å². The quantitative estimate of drug-likeness (QED) is 0.625. The molecule has 2 aromatic rings. The van der Waals surface area contributed by atoms with Crippen LogP contribution in [0.2, 0.25) is 0 Å². The Labute approximate surface area is 79.9 Å². The highest BCUT2D eigenvalue weighted by molar-refractivity contribution is 5.76. The Balaban J connectivity index is 0.000000293. The number of aromatic amines is 1. The number of nitrogens with one attached hydrogen (secondary N) is 1. The van der Waals surface area contributed by atoms with Gasteiger partial charge in [0.05, 0.1) is 5.52 Å². The van der Waals surface area contributed by atoms with Crippen molar-refractivity contribution in [2.45, 2.75) is 0 Å². The van der Waals surface area contributed by atoms with Gasteiger partial charge in [0, 0.05) is 11.6 Å². The second-order valence-electron chi connectivity index (χ2n) is 2.42. The average Bonchev–Trinajstić information content (AvgIpc) is 2.19. The first-order valence-electron chi connectivity index (χ1n) is 3.86. The molecule has 0 saturated heterocycles. The number of aromatic nitrogens is 2. The summed E-state index contributed by atoms with van der Waals surface area (Å²) in [7, 11) is 0. The maximum absolute atomic E-state index is 10.7. The van der Waals surface area contributed by atoms with Crippen molar-refractivity contribution in [1.82, 2.24) is 9.97 Å². The van der Waals surface area contributed by atoms with Crippen molar-refractivity contribution in [3.63, 3.8) is 0 Å². The third-order valence-corrected chi connectivity index (χ3v) is 1.52. The van der Waals surface area contributed by atoms with E-state index in [-0.39, 0.29) is 5.69 Å². The fourth-order valence-electron chi connectivity index (χ4n) is 0.999. The van der Waals surface area contributed by atoms with E-state index < -0.39 is 0 Å². The van der Waals surface area contributed by atoms with Crippen LogP contribution < -0.4 is 5.69 Å². The molecule has 1 N–H and O–H groups in total. The van der Waals surface area contributed by atoms with Crippen LogP contribution in [0.1, 0.15) is 0 Å². The van der Waals surface area contributed by atoms with Crippen LogP contribution in [-0.2, 0) is 4.79 Å². The Morgan fingerprint density at radius 3 is 2.71 bits per heavy atom. The molecule has 1 aromatic heterocycles. The number of hydrogen-bond donors (Lipinski definition) is 1. The minimum Gasteiger partial charge on any atom is -0.305 e. The number of rotatable bonds is 0. The highest BCUT2D eigenvalue weighted by atomic mass is 16.1. The van der Waals surface area contributed by atoms with Crippen molar-refractivity contribution in [1.29, 1.82) is 0 Å². The van der Waals surface area contributed by atoms with Crippen molar-refractivity contribution in [3.8, 4) is 0 Å². The van der Waals surface area contributed by atoms with E-state index in [4.69, 9.17) is 4.79 Å². The summed E-state index contributed by atoms with van der Waals surface area (Å²) in [5.74, 6) is 1.25. The molecule has 0 radical (unpaired) electrons. The van der Waals surface area contributed by atoms with Gasteiger partial charge >= 0.3 is 5.69 Å². The van der Waals surface area contributed by atoms with Crippen molar-refractivity contribution in [2.75, 3.05) is 0 Å². The van der Waals surface area contributed by atoms with E-state index in [1.54, 1.807) is 6.20 Å². The maximum Gasteiger partial charge on any atom is 0.345 e. The van der Waals surface area contributed by atoms with Crippen LogP contribution in [0.15, 0.2) is 41.8 Å². The van der Waals surface area contributed by atoms with Gasteiger partial charge in [0.1, 0.15) is 5.94 Å². The van der Waals surface area contributed by atoms with Gasteiger partial charge in [0.2, 0.25) is 0 Å². The lowest BCUT2D eigenvalue weighted by molar-refractivity contribution is 0.569. The molecule has 0 aliphatic heterocycles. The predicted octanol–water partition coefficient (Wildman–Crippen LogP) is 0.927. The monoisotopic (exact) mass is 188 g/mol. The van der Waals surface area contributed by atoms with Gasteiger partial charge in [0.15, 0.2) is 0 Å². The van der Waals surface area contributed by atoms with Gasteiger partial charge in [-0.2, -0.15) is 0 Å². The Hall–Kier alpha value is -2.19. The summed E-state index contributed by atoms with van der Waals surface area (Å²) >= 11 is 0. The number of para-hydroxylation sites is 1. The largest absolute Gasteiger partial charge is 0.345 e. The van der Waals surface area contributed by atoms with Gasteiger partial charge < -0.3 is 4.98 Å². The zero-order valence-corrected chi connectivity index (χ0v) is 7.36. The lowest BCUT2D eigenvalue weighted by Crippen LogP contribution is -2.07. The lowest BCUT2D eigenvalue weighted by atomic mass is 10.2. The van der Waals surface area contributed by atoms with Gasteiger partial charge in [-0.3, -0.25) is 0 Å². The van der Waals surface area contributed by atoms with E-state index in [0.717, 1.165) is 10.9 Å². The number of H-pyrrole nitrogens is 1. The minimum atomic E-state index is -0.302. The zero-order chi connectivity index (χ0) is 10.4. The molecular formula is C10H8N2O2. The fraction of sp³-hybridized carbons (Fsp3) is 0. The van der Waals surface area contributed by atoms with E-state index in [1.165, 1.54) is 5.94 Å². The van der Waals surface area contributed by atoms with Crippen LogP contribution in [0.3, 0.4) is 0 Å². The normalized spacial score (nSPS) is 8.57. The molecule has 1 heterocycles. The second-order valence-corrected chi connectivity index (χ2v) is 2.42. The summed E-state index contributed by atoms with van der Waals surface area (Å²) in [5.41, 5.74) is 0.524. The summed E-state index contributed by atoms with van der Waals surface area (Å²) in [6.45, 7) is 2.68. The number of fused-ring (bicyclic) bond motifs is 1. The molecular weight excluding hydrogens is 180 g/mol. The van der Waals surface area contributed by atoms with Crippen LogP contribution in [0.4, 0.5) is 0 Å². The van der Waals surface area contributed by atoms with E-state index in [0.29, 0.717) is 0 Å². The highest BCUT2D eigenvalue weighted by Crippen LogP contribution is 2.05. The molecule has 4 heteroatoms. The van der Waals surface area contributed by atoms with Crippen LogP contribution >= 0.6 is 0 Å². The van der Waals surface area contributed by atoms with Crippen molar-refractivity contribution < 1.29 is 4.79 Å². The molecule has 1 aromatic carbocycles. The molecule has 0 aliphatic carbocycles. The number of nitrogens with zero attached hydrogens (tertiary/aromatic N) is 1. The summed E-state index contributed by atoms with van der Waals surface area (Å²) in [5, 5.41) is 0.951. The van der Waals surface area contributed by atoms with E-state index >= 15 is 0 Å². The minimum absolute atomic E-state index is 0.302. The summed E-state index contributed by atoms with van der Waals surface area (Å²) in [6, 6.07) is 7.53. The third-order valence-electron chi connectivity index (χ3n) is 1.52. The second kappa shape index (κ2) is 4.74.